The Labute approximate surface area is 152 Å². The number of piperazine rings is 1. The summed E-state index contributed by atoms with van der Waals surface area (Å²) in [5.74, 6) is 0.0958. The van der Waals surface area contributed by atoms with E-state index >= 15 is 0 Å². The molecule has 2 heterocycles. The number of carbonyl (C=O) groups is 1. The van der Waals surface area contributed by atoms with E-state index in [2.05, 4.69) is 11.0 Å². The summed E-state index contributed by atoms with van der Waals surface area (Å²) in [7, 11) is 4.00. The summed E-state index contributed by atoms with van der Waals surface area (Å²) in [5.41, 5.74) is 2.12. The maximum Gasteiger partial charge on any atom is 0.264 e. The lowest BCUT2D eigenvalue weighted by Crippen LogP contribution is -2.49. The Bertz CT molecular complexity index is 741. The first kappa shape index (κ1) is 17.5. The van der Waals surface area contributed by atoms with E-state index in [-0.39, 0.29) is 11.9 Å². The first-order valence-electron chi connectivity index (χ1n) is 8.34. The second-order valence-electron chi connectivity index (χ2n) is 6.32. The molecule has 1 fully saturated rings. The third kappa shape index (κ3) is 3.84. The fraction of sp³-hybridized carbons (Fsp3) is 0.368. The van der Waals surface area contributed by atoms with E-state index in [0.29, 0.717) is 26.2 Å². The van der Waals surface area contributed by atoms with Gasteiger partial charge in [-0.1, -0.05) is 18.2 Å². The molecule has 6 heteroatoms. The van der Waals surface area contributed by atoms with Crippen molar-refractivity contribution in [3.63, 3.8) is 0 Å². The van der Waals surface area contributed by atoms with Gasteiger partial charge in [-0.3, -0.25) is 9.69 Å². The van der Waals surface area contributed by atoms with Crippen LogP contribution < -0.4 is 4.90 Å². The number of carbonyl (C=O) groups excluding carboxylic acids is 1. The molecule has 0 radical (unpaired) electrons. The highest BCUT2D eigenvalue weighted by Crippen LogP contribution is 2.24. The molecule has 1 aliphatic rings. The van der Waals surface area contributed by atoms with E-state index in [9.17, 15) is 10.1 Å². The van der Waals surface area contributed by atoms with Gasteiger partial charge in [-0.05, 0) is 29.1 Å². The van der Waals surface area contributed by atoms with Crippen molar-refractivity contribution in [1.82, 2.24) is 9.80 Å². The van der Waals surface area contributed by atoms with E-state index in [4.69, 9.17) is 0 Å². The van der Waals surface area contributed by atoms with Crippen molar-refractivity contribution in [2.24, 2.45) is 0 Å². The number of hydrogen-bond donors (Lipinski definition) is 0. The molecular weight excluding hydrogens is 332 g/mol. The van der Waals surface area contributed by atoms with Crippen LogP contribution in [0.15, 0.2) is 41.8 Å². The van der Waals surface area contributed by atoms with Gasteiger partial charge in [-0.25, -0.2) is 0 Å². The largest absolute Gasteiger partial charge is 0.378 e. The molecule has 25 heavy (non-hydrogen) atoms. The highest BCUT2D eigenvalue weighted by atomic mass is 32.1. The summed E-state index contributed by atoms with van der Waals surface area (Å²) in [5, 5.41) is 11.6. The summed E-state index contributed by atoms with van der Waals surface area (Å²) in [6.07, 6.45) is 0. The average Bonchev–Trinajstić information content (AvgIpc) is 3.17. The molecule has 0 N–H and O–H groups in total. The van der Waals surface area contributed by atoms with Crippen molar-refractivity contribution in [2.45, 2.75) is 6.04 Å². The predicted molar refractivity (Wildman–Crippen MR) is 101 cm³/mol. The summed E-state index contributed by atoms with van der Waals surface area (Å²) in [4.78, 5) is 19.3. The normalized spacial score (nSPS) is 16.3. The lowest BCUT2D eigenvalue weighted by atomic mass is 10.0. The quantitative estimate of drug-likeness (QED) is 0.847. The van der Waals surface area contributed by atoms with Gasteiger partial charge < -0.3 is 9.80 Å². The summed E-state index contributed by atoms with van der Waals surface area (Å²) in [6.45, 7) is 2.74. The maximum absolute atomic E-state index is 12.4. The van der Waals surface area contributed by atoms with Gasteiger partial charge in [0.15, 0.2) is 0 Å². The number of rotatable bonds is 4. The lowest BCUT2D eigenvalue weighted by Gasteiger charge is -2.37. The van der Waals surface area contributed by atoms with Crippen LogP contribution in [0.4, 0.5) is 5.69 Å². The summed E-state index contributed by atoms with van der Waals surface area (Å²) >= 11 is 1.48. The van der Waals surface area contributed by atoms with E-state index in [1.165, 1.54) is 11.3 Å². The van der Waals surface area contributed by atoms with Gasteiger partial charge in [0.05, 0.1) is 10.9 Å². The van der Waals surface area contributed by atoms with Crippen molar-refractivity contribution in [3.8, 4) is 6.07 Å². The van der Waals surface area contributed by atoms with Gasteiger partial charge in [0.1, 0.15) is 6.04 Å². The molecule has 0 saturated carbocycles. The molecule has 1 aromatic heterocycles. The molecule has 1 unspecified atom stereocenters. The zero-order valence-electron chi connectivity index (χ0n) is 14.6. The van der Waals surface area contributed by atoms with Crippen LogP contribution in [0.3, 0.4) is 0 Å². The van der Waals surface area contributed by atoms with Gasteiger partial charge in [0, 0.05) is 46.0 Å². The van der Waals surface area contributed by atoms with Crippen LogP contribution >= 0.6 is 11.3 Å². The van der Waals surface area contributed by atoms with Crippen LogP contribution in [0.1, 0.15) is 21.3 Å². The van der Waals surface area contributed by atoms with Crippen LogP contribution in [0.5, 0.6) is 0 Å². The second-order valence-corrected chi connectivity index (χ2v) is 7.27. The van der Waals surface area contributed by atoms with Crippen molar-refractivity contribution >= 4 is 22.9 Å². The average molecular weight is 354 g/mol. The van der Waals surface area contributed by atoms with Gasteiger partial charge in [0.2, 0.25) is 0 Å². The number of anilines is 1. The molecule has 1 aliphatic heterocycles. The fourth-order valence-electron chi connectivity index (χ4n) is 3.06. The van der Waals surface area contributed by atoms with Gasteiger partial charge in [-0.2, -0.15) is 5.26 Å². The van der Waals surface area contributed by atoms with Crippen molar-refractivity contribution in [1.29, 1.82) is 5.26 Å². The highest BCUT2D eigenvalue weighted by molar-refractivity contribution is 7.12. The maximum atomic E-state index is 12.4. The van der Waals surface area contributed by atoms with Gasteiger partial charge in [0.25, 0.3) is 5.91 Å². The minimum atomic E-state index is -0.268. The Hall–Kier alpha value is -2.36. The SMILES string of the molecule is CN(C)c1ccc(C(C#N)N2CCN(C(=O)c3cccs3)CC2)cc1. The van der Waals surface area contributed by atoms with E-state index in [1.807, 2.05) is 65.7 Å². The van der Waals surface area contributed by atoms with Crippen LogP contribution in [0, 0.1) is 11.3 Å². The van der Waals surface area contributed by atoms with Crippen LogP contribution in [-0.2, 0) is 0 Å². The molecular formula is C19H22N4OS. The standard InChI is InChI=1S/C19H22N4OS/c1-21(2)16-7-5-15(6-8-16)17(14-20)22-9-11-23(12-10-22)19(24)18-4-3-13-25-18/h3-8,13,17H,9-12H2,1-2H3. The molecule has 0 bridgehead atoms. The topological polar surface area (TPSA) is 50.6 Å². The van der Waals surface area contributed by atoms with Crippen molar-refractivity contribution < 1.29 is 4.79 Å². The minimum absolute atomic E-state index is 0.0958. The number of hydrogen-bond acceptors (Lipinski definition) is 5. The summed E-state index contributed by atoms with van der Waals surface area (Å²) < 4.78 is 0. The molecule has 1 saturated heterocycles. The Kier molecular flexibility index (Phi) is 5.37. The first-order valence-corrected chi connectivity index (χ1v) is 9.22. The molecule has 2 aromatic rings. The Balaban J connectivity index is 1.64. The van der Waals surface area contributed by atoms with Crippen LogP contribution in [0.25, 0.3) is 0 Å². The molecule has 1 aromatic carbocycles. The molecule has 130 valence electrons. The van der Waals surface area contributed by atoms with Crippen molar-refractivity contribution in [3.05, 3.63) is 52.2 Å². The number of nitrogens with zero attached hydrogens (tertiary/aromatic N) is 4. The van der Waals surface area contributed by atoms with E-state index in [0.717, 1.165) is 16.1 Å². The third-order valence-electron chi connectivity index (χ3n) is 4.55. The van der Waals surface area contributed by atoms with Gasteiger partial charge in [-0.15, -0.1) is 11.3 Å². The third-order valence-corrected chi connectivity index (χ3v) is 5.40. The van der Waals surface area contributed by atoms with Crippen LogP contribution in [-0.4, -0.2) is 56.0 Å². The molecule has 3 rings (SSSR count). The number of amides is 1. The van der Waals surface area contributed by atoms with E-state index in [1.54, 1.807) is 0 Å². The number of thiophene rings is 1. The molecule has 1 amide bonds. The Morgan fingerprint density at radius 1 is 1.16 bits per heavy atom. The molecule has 0 aliphatic carbocycles. The Morgan fingerprint density at radius 3 is 2.36 bits per heavy atom. The number of nitriles is 1. The zero-order chi connectivity index (χ0) is 17.8. The molecule has 0 spiro atoms. The fourth-order valence-corrected chi connectivity index (χ4v) is 3.75. The van der Waals surface area contributed by atoms with E-state index < -0.39 is 0 Å². The molecule has 5 nitrogen and oxygen atoms in total. The first-order chi connectivity index (χ1) is 12.1. The van der Waals surface area contributed by atoms with Crippen molar-refractivity contribution in [2.75, 3.05) is 45.2 Å². The van der Waals surface area contributed by atoms with Crippen LogP contribution in [0.2, 0.25) is 0 Å². The second kappa shape index (κ2) is 7.68. The lowest BCUT2D eigenvalue weighted by molar-refractivity contribution is 0.0611. The van der Waals surface area contributed by atoms with Gasteiger partial charge >= 0.3 is 0 Å². The number of benzene rings is 1. The zero-order valence-corrected chi connectivity index (χ0v) is 15.4. The highest BCUT2D eigenvalue weighted by Gasteiger charge is 2.27. The Morgan fingerprint density at radius 2 is 1.84 bits per heavy atom. The predicted octanol–water partition coefficient (Wildman–Crippen LogP) is 2.84. The smallest absolute Gasteiger partial charge is 0.264 e. The monoisotopic (exact) mass is 354 g/mol. The minimum Gasteiger partial charge on any atom is -0.378 e. The summed E-state index contributed by atoms with van der Waals surface area (Å²) in [6, 6.07) is 14.0. The molecule has 1 atom stereocenters.